The Kier molecular flexibility index (Phi) is 4.80. The third-order valence-electron chi connectivity index (χ3n) is 4.16. The molecule has 1 amide bonds. The van der Waals surface area contributed by atoms with Crippen LogP contribution >= 0.6 is 0 Å². The fourth-order valence-corrected chi connectivity index (χ4v) is 2.86. The van der Waals surface area contributed by atoms with Crippen molar-refractivity contribution in [3.63, 3.8) is 0 Å². The third-order valence-corrected chi connectivity index (χ3v) is 4.16. The minimum absolute atomic E-state index is 0.230. The maximum absolute atomic E-state index is 12.0. The van der Waals surface area contributed by atoms with E-state index in [1.54, 1.807) is 0 Å². The fraction of sp³-hybridized carbons (Fsp3) is 0.562. The summed E-state index contributed by atoms with van der Waals surface area (Å²) in [5.74, 6) is 1.88. The molecule has 1 fully saturated rings. The number of rotatable bonds is 5. The molecule has 0 aromatic heterocycles. The first-order valence-corrected chi connectivity index (χ1v) is 7.85. The van der Waals surface area contributed by atoms with Gasteiger partial charge >= 0.3 is 0 Å². The molecule has 120 valence electrons. The summed E-state index contributed by atoms with van der Waals surface area (Å²) < 4.78 is 10.7. The normalized spacial score (nSPS) is 17.8. The van der Waals surface area contributed by atoms with Crippen LogP contribution < -0.4 is 15.2 Å². The van der Waals surface area contributed by atoms with Crippen molar-refractivity contribution >= 4 is 5.91 Å². The fourth-order valence-electron chi connectivity index (χ4n) is 2.86. The van der Waals surface area contributed by atoms with Gasteiger partial charge in [0.15, 0.2) is 11.5 Å². The van der Waals surface area contributed by atoms with E-state index in [1.807, 2.05) is 17.0 Å². The Balaban J connectivity index is 1.49. The smallest absolute Gasteiger partial charge is 0.231 e. The number of carbonyl (C=O) groups is 1. The van der Waals surface area contributed by atoms with Gasteiger partial charge in [-0.3, -0.25) is 9.69 Å². The van der Waals surface area contributed by atoms with Crippen LogP contribution in [0.15, 0.2) is 18.2 Å². The van der Waals surface area contributed by atoms with E-state index < -0.39 is 0 Å². The quantitative estimate of drug-likeness (QED) is 0.871. The van der Waals surface area contributed by atoms with Crippen molar-refractivity contribution < 1.29 is 14.3 Å². The predicted octanol–water partition coefficient (Wildman–Crippen LogP) is 0.798. The van der Waals surface area contributed by atoms with Crippen molar-refractivity contribution in [1.29, 1.82) is 0 Å². The monoisotopic (exact) mass is 305 g/mol. The first kappa shape index (κ1) is 15.1. The number of benzene rings is 1. The average molecular weight is 305 g/mol. The molecule has 0 aliphatic carbocycles. The highest BCUT2D eigenvalue weighted by molar-refractivity contribution is 5.76. The van der Waals surface area contributed by atoms with Crippen molar-refractivity contribution in [1.82, 2.24) is 9.80 Å². The lowest BCUT2D eigenvalue weighted by Gasteiger charge is -2.34. The summed E-state index contributed by atoms with van der Waals surface area (Å²) >= 11 is 0. The summed E-state index contributed by atoms with van der Waals surface area (Å²) in [4.78, 5) is 16.3. The highest BCUT2D eigenvalue weighted by Gasteiger charge is 2.21. The zero-order valence-electron chi connectivity index (χ0n) is 12.8. The molecule has 0 atom stereocenters. The second kappa shape index (κ2) is 6.98. The minimum Gasteiger partial charge on any atom is -0.454 e. The van der Waals surface area contributed by atoms with Crippen LogP contribution in [0.3, 0.4) is 0 Å². The summed E-state index contributed by atoms with van der Waals surface area (Å²) in [6.07, 6.45) is 1.34. The van der Waals surface area contributed by atoms with E-state index in [0.717, 1.165) is 50.6 Å². The maximum atomic E-state index is 12.0. The number of fused-ring (bicyclic) bond motifs is 1. The molecule has 6 heteroatoms. The Bertz CT molecular complexity index is 527. The van der Waals surface area contributed by atoms with Gasteiger partial charge in [0.05, 0.1) is 0 Å². The molecule has 2 aliphatic rings. The van der Waals surface area contributed by atoms with Crippen molar-refractivity contribution in [2.75, 3.05) is 39.5 Å². The molecule has 0 spiro atoms. The lowest BCUT2D eigenvalue weighted by molar-refractivity contribution is -0.133. The highest BCUT2D eigenvalue weighted by atomic mass is 16.7. The topological polar surface area (TPSA) is 68.0 Å². The number of hydrogen-bond donors (Lipinski definition) is 1. The SMILES string of the molecule is NCCCC(=O)N1CCN(Cc2ccc3c(c2)OCO3)CC1. The minimum atomic E-state index is 0.230. The molecule has 0 radical (unpaired) electrons. The zero-order valence-corrected chi connectivity index (χ0v) is 12.8. The molecular formula is C16H23N3O3. The zero-order chi connectivity index (χ0) is 15.4. The lowest BCUT2D eigenvalue weighted by atomic mass is 10.1. The van der Waals surface area contributed by atoms with Gasteiger partial charge in [0.1, 0.15) is 0 Å². The van der Waals surface area contributed by atoms with E-state index in [9.17, 15) is 4.79 Å². The molecule has 22 heavy (non-hydrogen) atoms. The van der Waals surface area contributed by atoms with Crippen LogP contribution in [-0.4, -0.2) is 55.2 Å². The molecule has 0 unspecified atom stereocenters. The summed E-state index contributed by atoms with van der Waals surface area (Å²) in [5, 5.41) is 0. The Labute approximate surface area is 130 Å². The summed E-state index contributed by atoms with van der Waals surface area (Å²) in [5.41, 5.74) is 6.67. The summed E-state index contributed by atoms with van der Waals surface area (Å²) in [6, 6.07) is 6.08. The van der Waals surface area contributed by atoms with Gasteiger partial charge in [-0.05, 0) is 30.7 Å². The molecule has 1 aromatic carbocycles. The number of hydrogen-bond acceptors (Lipinski definition) is 5. The van der Waals surface area contributed by atoms with E-state index in [4.69, 9.17) is 15.2 Å². The van der Waals surface area contributed by atoms with Crippen molar-refractivity contribution in [3.8, 4) is 11.5 Å². The Morgan fingerprint density at radius 2 is 1.91 bits per heavy atom. The second-order valence-electron chi connectivity index (χ2n) is 5.74. The van der Waals surface area contributed by atoms with Gasteiger partial charge in [0.2, 0.25) is 12.7 Å². The van der Waals surface area contributed by atoms with E-state index in [-0.39, 0.29) is 5.91 Å². The number of ether oxygens (including phenoxy) is 2. The molecule has 2 N–H and O–H groups in total. The van der Waals surface area contributed by atoms with Crippen molar-refractivity contribution in [3.05, 3.63) is 23.8 Å². The van der Waals surface area contributed by atoms with Gasteiger partial charge in [-0.2, -0.15) is 0 Å². The van der Waals surface area contributed by atoms with Gasteiger partial charge in [-0.15, -0.1) is 0 Å². The molecule has 1 saturated heterocycles. The van der Waals surface area contributed by atoms with Crippen LogP contribution in [0.2, 0.25) is 0 Å². The lowest BCUT2D eigenvalue weighted by Crippen LogP contribution is -2.48. The van der Waals surface area contributed by atoms with E-state index >= 15 is 0 Å². The van der Waals surface area contributed by atoms with E-state index in [1.165, 1.54) is 5.56 Å². The van der Waals surface area contributed by atoms with Crippen LogP contribution in [0.5, 0.6) is 11.5 Å². The van der Waals surface area contributed by atoms with Crippen molar-refractivity contribution in [2.24, 2.45) is 5.73 Å². The maximum Gasteiger partial charge on any atom is 0.231 e. The second-order valence-corrected chi connectivity index (χ2v) is 5.74. The summed E-state index contributed by atoms with van der Waals surface area (Å²) in [6.45, 7) is 5.17. The number of nitrogens with two attached hydrogens (primary N) is 1. The number of carbonyl (C=O) groups excluding carboxylic acids is 1. The number of nitrogens with zero attached hydrogens (tertiary/aromatic N) is 2. The van der Waals surface area contributed by atoms with Gasteiger partial charge in [-0.25, -0.2) is 0 Å². The van der Waals surface area contributed by atoms with Gasteiger partial charge < -0.3 is 20.1 Å². The van der Waals surface area contributed by atoms with Gasteiger partial charge in [-0.1, -0.05) is 6.07 Å². The third kappa shape index (κ3) is 3.51. The molecule has 0 saturated carbocycles. The molecule has 3 rings (SSSR count). The molecule has 1 aromatic rings. The van der Waals surface area contributed by atoms with E-state index in [2.05, 4.69) is 11.0 Å². The number of piperazine rings is 1. The first-order chi connectivity index (χ1) is 10.8. The average Bonchev–Trinajstić information content (AvgIpc) is 3.01. The van der Waals surface area contributed by atoms with Crippen LogP contribution in [0.25, 0.3) is 0 Å². The van der Waals surface area contributed by atoms with Crippen LogP contribution in [-0.2, 0) is 11.3 Å². The molecule has 2 aliphatic heterocycles. The summed E-state index contributed by atoms with van der Waals surface area (Å²) in [7, 11) is 0. The molecule has 0 bridgehead atoms. The molecule has 2 heterocycles. The highest BCUT2D eigenvalue weighted by Crippen LogP contribution is 2.32. The van der Waals surface area contributed by atoms with Crippen LogP contribution in [0.4, 0.5) is 0 Å². The molecule has 6 nitrogen and oxygen atoms in total. The number of amides is 1. The van der Waals surface area contributed by atoms with Crippen molar-refractivity contribution in [2.45, 2.75) is 19.4 Å². The van der Waals surface area contributed by atoms with Crippen LogP contribution in [0, 0.1) is 0 Å². The standard InChI is InChI=1S/C16H23N3O3/c17-5-1-2-16(20)19-8-6-18(7-9-19)11-13-3-4-14-15(10-13)22-12-21-14/h3-4,10H,1-2,5-9,11-12,17H2. The van der Waals surface area contributed by atoms with E-state index in [0.29, 0.717) is 19.8 Å². The Hall–Kier alpha value is -1.79. The van der Waals surface area contributed by atoms with Gasteiger partial charge in [0.25, 0.3) is 0 Å². The first-order valence-electron chi connectivity index (χ1n) is 7.85. The largest absolute Gasteiger partial charge is 0.454 e. The Morgan fingerprint density at radius 3 is 2.68 bits per heavy atom. The predicted molar refractivity (Wildman–Crippen MR) is 82.7 cm³/mol. The Morgan fingerprint density at radius 1 is 1.14 bits per heavy atom. The molecular weight excluding hydrogens is 282 g/mol. The van der Waals surface area contributed by atoms with Crippen LogP contribution in [0.1, 0.15) is 18.4 Å². The van der Waals surface area contributed by atoms with Gasteiger partial charge in [0, 0.05) is 39.1 Å².